The van der Waals surface area contributed by atoms with Crippen molar-refractivity contribution < 1.29 is 0 Å². The van der Waals surface area contributed by atoms with Crippen molar-refractivity contribution in [2.24, 2.45) is 0 Å². The van der Waals surface area contributed by atoms with E-state index in [9.17, 15) is 0 Å². The zero-order valence-corrected chi connectivity index (χ0v) is 24.9. The molecule has 0 N–H and O–H groups in total. The third kappa shape index (κ3) is 4.86. The number of hydrogen-bond donors (Lipinski definition) is 0. The number of hydrogen-bond acceptors (Lipinski definition) is 1. The van der Waals surface area contributed by atoms with E-state index in [0.29, 0.717) is 0 Å². The predicted octanol–water partition coefficient (Wildman–Crippen LogP) is 8.93. The number of fused-ring (bicyclic) bond motifs is 7. The fourth-order valence-corrected chi connectivity index (χ4v) is 9.28. The Morgan fingerprint density at radius 2 is 0.907 bits per heavy atom. The van der Waals surface area contributed by atoms with Crippen molar-refractivity contribution in [2.45, 2.75) is 19.6 Å². The van der Waals surface area contributed by atoms with E-state index in [0.717, 1.165) is 19.6 Å². The topological polar surface area (TPSA) is 3.24 Å². The molecule has 0 saturated heterocycles. The number of benzene rings is 7. The molecule has 0 amide bonds. The van der Waals surface area contributed by atoms with Gasteiger partial charge >= 0.3 is 0 Å². The van der Waals surface area contributed by atoms with Gasteiger partial charge in [0.1, 0.15) is 0 Å². The van der Waals surface area contributed by atoms with E-state index in [2.05, 4.69) is 163 Å². The Morgan fingerprint density at radius 1 is 0.442 bits per heavy atom. The third-order valence-electron chi connectivity index (χ3n) is 8.72. The Kier molecular flexibility index (Phi) is 6.84. The summed E-state index contributed by atoms with van der Waals surface area (Å²) in [6.45, 7) is 2.71. The summed E-state index contributed by atoms with van der Waals surface area (Å²) in [4.78, 5) is 2.65. The summed E-state index contributed by atoms with van der Waals surface area (Å²) in [5, 5.41) is 9.51. The smallest absolute Gasteiger partial charge is 0.0247 e. The molecule has 1 aliphatic heterocycles. The molecule has 7 aromatic carbocycles. The van der Waals surface area contributed by atoms with Crippen molar-refractivity contribution in [2.75, 3.05) is 0 Å². The minimum atomic E-state index is -0.679. The van der Waals surface area contributed by atoms with Gasteiger partial charge in [0, 0.05) is 19.6 Å². The summed E-state index contributed by atoms with van der Waals surface area (Å²) in [6, 6.07) is 58.4. The van der Waals surface area contributed by atoms with Gasteiger partial charge in [0.15, 0.2) is 0 Å². The largest absolute Gasteiger partial charge is 0.291 e. The molecule has 0 fully saturated rings. The molecule has 0 saturated carbocycles. The molecule has 43 heavy (non-hydrogen) atoms. The zero-order valence-electron chi connectivity index (χ0n) is 24.0. The Balaban J connectivity index is 1.27. The van der Waals surface area contributed by atoms with Crippen molar-refractivity contribution in [1.82, 2.24) is 4.90 Å². The maximum Gasteiger partial charge on any atom is 0.0247 e. The first-order valence-electron chi connectivity index (χ1n) is 15.1. The summed E-state index contributed by atoms with van der Waals surface area (Å²) in [7, 11) is -0.679. The normalized spacial score (nSPS) is 13.1. The Bertz CT molecular complexity index is 1940. The fraction of sp³-hybridized carbons (Fsp3) is 0.0732. The van der Waals surface area contributed by atoms with Crippen LogP contribution in [-0.2, 0) is 19.6 Å². The Labute approximate surface area is 254 Å². The van der Waals surface area contributed by atoms with E-state index in [4.69, 9.17) is 0 Å². The standard InChI is InChI=1S/C41H32NP/c1-3-16-35(17-4-1)43(36-18-5-2-6-19-36)39-22-12-9-15-32(39)27-42-28-33-25-23-30-13-7-10-20-37(30)40(33)41-34(29-42)26-24-31-14-8-11-21-38(31)41/h1-26H,27-29H2. The van der Waals surface area contributed by atoms with Gasteiger partial charge < -0.3 is 0 Å². The molecular formula is C41H32NP. The zero-order chi connectivity index (χ0) is 28.6. The predicted molar refractivity (Wildman–Crippen MR) is 185 cm³/mol. The lowest BCUT2D eigenvalue weighted by Crippen LogP contribution is -2.28. The first kappa shape index (κ1) is 26.1. The molecule has 1 nitrogen and oxygen atoms in total. The van der Waals surface area contributed by atoms with Gasteiger partial charge in [-0.3, -0.25) is 4.90 Å². The lowest BCUT2D eigenvalue weighted by atomic mass is 9.88. The van der Waals surface area contributed by atoms with E-state index in [1.165, 1.54) is 65.3 Å². The molecule has 0 spiro atoms. The summed E-state index contributed by atoms with van der Waals surface area (Å²) < 4.78 is 0. The molecule has 0 radical (unpaired) electrons. The van der Waals surface area contributed by atoms with E-state index in [-0.39, 0.29) is 0 Å². The Hall–Kier alpha value is -4.55. The molecule has 0 atom stereocenters. The summed E-state index contributed by atoms with van der Waals surface area (Å²) in [5.41, 5.74) is 7.01. The highest BCUT2D eigenvalue weighted by Gasteiger charge is 2.25. The van der Waals surface area contributed by atoms with E-state index in [1.807, 2.05) is 0 Å². The van der Waals surface area contributed by atoms with Gasteiger partial charge in [0.05, 0.1) is 0 Å². The van der Waals surface area contributed by atoms with Crippen LogP contribution in [-0.4, -0.2) is 4.90 Å². The van der Waals surface area contributed by atoms with Gasteiger partial charge in [-0.05, 0) is 73.2 Å². The van der Waals surface area contributed by atoms with Crippen LogP contribution in [0.25, 0.3) is 32.7 Å². The van der Waals surface area contributed by atoms with Crippen LogP contribution in [0.1, 0.15) is 16.7 Å². The minimum Gasteiger partial charge on any atom is -0.291 e. The van der Waals surface area contributed by atoms with Crippen LogP contribution in [0.4, 0.5) is 0 Å². The lowest BCUT2D eigenvalue weighted by Gasteiger charge is -2.26. The van der Waals surface area contributed by atoms with Crippen molar-refractivity contribution in [3.05, 3.63) is 174 Å². The van der Waals surface area contributed by atoms with Gasteiger partial charge in [-0.25, -0.2) is 0 Å². The van der Waals surface area contributed by atoms with Crippen LogP contribution >= 0.6 is 7.92 Å². The van der Waals surface area contributed by atoms with Crippen LogP contribution in [0, 0.1) is 0 Å². The van der Waals surface area contributed by atoms with Gasteiger partial charge in [0.2, 0.25) is 0 Å². The van der Waals surface area contributed by atoms with Crippen molar-refractivity contribution in [1.29, 1.82) is 0 Å². The molecule has 2 heteroatoms. The quantitative estimate of drug-likeness (QED) is 0.187. The third-order valence-corrected chi connectivity index (χ3v) is 11.3. The van der Waals surface area contributed by atoms with Gasteiger partial charge in [-0.15, -0.1) is 0 Å². The van der Waals surface area contributed by atoms with E-state index in [1.54, 1.807) is 0 Å². The van der Waals surface area contributed by atoms with Gasteiger partial charge in [-0.1, -0.05) is 158 Å². The maximum atomic E-state index is 2.65. The molecule has 0 bridgehead atoms. The highest BCUT2D eigenvalue weighted by atomic mass is 31.1. The van der Waals surface area contributed by atoms with E-state index >= 15 is 0 Å². The Morgan fingerprint density at radius 3 is 1.47 bits per heavy atom. The van der Waals surface area contributed by atoms with Crippen LogP contribution < -0.4 is 15.9 Å². The van der Waals surface area contributed by atoms with Crippen molar-refractivity contribution in [3.63, 3.8) is 0 Å². The summed E-state index contributed by atoms with van der Waals surface area (Å²) >= 11 is 0. The monoisotopic (exact) mass is 569 g/mol. The fourth-order valence-electron chi connectivity index (χ4n) is 6.82. The lowest BCUT2D eigenvalue weighted by molar-refractivity contribution is 0.251. The molecular weight excluding hydrogens is 537 g/mol. The molecule has 0 aromatic heterocycles. The molecule has 0 unspecified atom stereocenters. The molecule has 0 aliphatic carbocycles. The summed E-state index contributed by atoms with van der Waals surface area (Å²) in [5.74, 6) is 0. The first-order chi connectivity index (χ1) is 21.3. The minimum absolute atomic E-state index is 0.679. The van der Waals surface area contributed by atoms with Crippen molar-refractivity contribution in [3.8, 4) is 11.1 Å². The molecule has 1 heterocycles. The van der Waals surface area contributed by atoms with Gasteiger partial charge in [-0.2, -0.15) is 0 Å². The number of rotatable bonds is 5. The second kappa shape index (κ2) is 11.3. The SMILES string of the molecule is c1ccc(P(c2ccccc2)c2ccccc2CN2Cc3ccc4ccccc4c3-c3c(ccc4ccccc34)C2)cc1. The van der Waals surface area contributed by atoms with Crippen LogP contribution in [0.3, 0.4) is 0 Å². The average Bonchev–Trinajstić information content (AvgIpc) is 3.23. The highest BCUT2D eigenvalue weighted by molar-refractivity contribution is 7.79. The first-order valence-corrected chi connectivity index (χ1v) is 16.4. The van der Waals surface area contributed by atoms with Crippen molar-refractivity contribution >= 4 is 45.4 Å². The van der Waals surface area contributed by atoms with Crippen LogP contribution in [0.15, 0.2) is 158 Å². The molecule has 7 aromatic rings. The summed E-state index contributed by atoms with van der Waals surface area (Å²) in [6.07, 6.45) is 0. The van der Waals surface area contributed by atoms with E-state index < -0.39 is 7.92 Å². The second-order valence-electron chi connectivity index (χ2n) is 11.4. The van der Waals surface area contributed by atoms with Gasteiger partial charge in [0.25, 0.3) is 0 Å². The molecule has 206 valence electrons. The van der Waals surface area contributed by atoms with Crippen LogP contribution in [0.5, 0.6) is 0 Å². The second-order valence-corrected chi connectivity index (χ2v) is 13.6. The number of nitrogens with zero attached hydrogens (tertiary/aromatic N) is 1. The average molecular weight is 570 g/mol. The molecule has 8 rings (SSSR count). The molecule has 1 aliphatic rings. The highest BCUT2D eigenvalue weighted by Crippen LogP contribution is 2.42. The maximum absolute atomic E-state index is 2.65. The van der Waals surface area contributed by atoms with Crippen LogP contribution in [0.2, 0.25) is 0 Å².